The minimum absolute atomic E-state index is 0.0249. The van der Waals surface area contributed by atoms with Gasteiger partial charge in [-0.1, -0.05) is 25.2 Å². The summed E-state index contributed by atoms with van der Waals surface area (Å²) in [4.78, 5) is 22.2. The zero-order valence-electron chi connectivity index (χ0n) is 14.9. The number of nitro benzene ring substituents is 1. The second-order valence-electron chi connectivity index (χ2n) is 5.73. The molecule has 1 heterocycles. The molecule has 1 N–H and O–H groups in total. The highest BCUT2D eigenvalue weighted by Crippen LogP contribution is 2.36. The third-order valence-corrected chi connectivity index (χ3v) is 5.93. The van der Waals surface area contributed by atoms with Crippen molar-refractivity contribution in [2.75, 3.05) is 11.1 Å². The number of aromatic nitrogens is 2. The number of alkyl halides is 3. The third kappa shape index (κ3) is 5.64. The first-order valence-corrected chi connectivity index (χ1v) is 10.1. The van der Waals surface area contributed by atoms with E-state index in [2.05, 4.69) is 15.5 Å². The number of amides is 1. The normalized spacial score (nSPS) is 11.6. The van der Waals surface area contributed by atoms with Crippen molar-refractivity contribution in [3.63, 3.8) is 0 Å². The Bertz CT molecular complexity index is 854. The van der Waals surface area contributed by atoms with E-state index in [1.807, 2.05) is 13.8 Å². The summed E-state index contributed by atoms with van der Waals surface area (Å²) in [6.45, 7) is 4.06. The number of benzene rings is 1. The average Bonchev–Trinajstić information content (AvgIpc) is 3.08. The van der Waals surface area contributed by atoms with E-state index in [-0.39, 0.29) is 16.6 Å². The average molecular weight is 434 g/mol. The molecule has 0 aliphatic rings. The van der Waals surface area contributed by atoms with Crippen molar-refractivity contribution in [3.8, 4) is 0 Å². The molecule has 0 spiro atoms. The Morgan fingerprint density at radius 1 is 1.32 bits per heavy atom. The van der Waals surface area contributed by atoms with E-state index in [0.717, 1.165) is 41.7 Å². The topological polar surface area (TPSA) is 98.0 Å². The summed E-state index contributed by atoms with van der Waals surface area (Å²) in [7, 11) is 0. The molecule has 0 fully saturated rings. The summed E-state index contributed by atoms with van der Waals surface area (Å²) in [6, 6.07) is 2.21. The molecule has 0 unspecified atom stereocenters. The number of halogens is 3. The molecule has 152 valence electrons. The molecule has 1 aromatic carbocycles. The van der Waals surface area contributed by atoms with Gasteiger partial charge in [0.2, 0.25) is 11.0 Å². The van der Waals surface area contributed by atoms with Gasteiger partial charge in [-0.25, -0.2) is 0 Å². The molecule has 0 saturated carbocycles. The van der Waals surface area contributed by atoms with Crippen LogP contribution in [0.25, 0.3) is 0 Å². The van der Waals surface area contributed by atoms with Crippen molar-refractivity contribution in [2.45, 2.75) is 43.7 Å². The number of nitrogens with one attached hydrogen (secondary N) is 1. The van der Waals surface area contributed by atoms with Crippen LogP contribution in [0.1, 0.15) is 43.2 Å². The van der Waals surface area contributed by atoms with E-state index in [9.17, 15) is 28.1 Å². The Balaban J connectivity index is 2.04. The van der Waals surface area contributed by atoms with E-state index in [4.69, 9.17) is 0 Å². The lowest BCUT2D eigenvalue weighted by Crippen LogP contribution is -2.14. The molecule has 0 bridgehead atoms. The Hall–Kier alpha value is -2.21. The molecular formula is C16H17F3N4O3S2. The minimum Gasteiger partial charge on any atom is -0.300 e. The fraction of sp³-hybridized carbons (Fsp3) is 0.438. The van der Waals surface area contributed by atoms with Gasteiger partial charge in [-0.15, -0.1) is 22.0 Å². The zero-order valence-corrected chi connectivity index (χ0v) is 16.6. The highest BCUT2D eigenvalue weighted by Gasteiger charge is 2.33. The molecule has 1 amide bonds. The second-order valence-corrected chi connectivity index (χ2v) is 7.76. The molecule has 2 rings (SSSR count). The van der Waals surface area contributed by atoms with Crippen LogP contribution < -0.4 is 5.32 Å². The first-order valence-electron chi connectivity index (χ1n) is 8.27. The van der Waals surface area contributed by atoms with Crippen molar-refractivity contribution < 1.29 is 22.9 Å². The molecule has 28 heavy (non-hydrogen) atoms. The van der Waals surface area contributed by atoms with Crippen LogP contribution in [0, 0.1) is 10.1 Å². The lowest BCUT2D eigenvalue weighted by atomic mass is 10.1. The second kappa shape index (κ2) is 9.32. The number of nitro groups is 1. The summed E-state index contributed by atoms with van der Waals surface area (Å²) in [5.74, 6) is -0.440. The van der Waals surface area contributed by atoms with Gasteiger partial charge < -0.3 is 0 Å². The monoisotopic (exact) mass is 434 g/mol. The van der Waals surface area contributed by atoms with Crippen LogP contribution >= 0.6 is 23.1 Å². The van der Waals surface area contributed by atoms with Crippen molar-refractivity contribution >= 4 is 39.8 Å². The highest BCUT2D eigenvalue weighted by molar-refractivity contribution is 8.00. The van der Waals surface area contributed by atoms with Gasteiger partial charge in [0.25, 0.3) is 5.69 Å². The van der Waals surface area contributed by atoms with E-state index >= 15 is 0 Å². The maximum absolute atomic E-state index is 12.7. The minimum atomic E-state index is -4.68. The molecular weight excluding hydrogens is 417 g/mol. The SMILES string of the molecule is CCC(CC)c1nnc(NC(=O)CSc2ccc(C(F)(F)F)cc2[N+](=O)[O-])s1. The number of nitrogens with zero attached hydrogens (tertiary/aromatic N) is 3. The molecule has 7 nitrogen and oxygen atoms in total. The van der Waals surface area contributed by atoms with Crippen molar-refractivity contribution in [1.29, 1.82) is 0 Å². The van der Waals surface area contributed by atoms with Crippen LogP contribution in [0.3, 0.4) is 0 Å². The van der Waals surface area contributed by atoms with Crippen molar-refractivity contribution in [1.82, 2.24) is 10.2 Å². The maximum Gasteiger partial charge on any atom is 0.416 e. The van der Waals surface area contributed by atoms with Gasteiger partial charge in [0.15, 0.2) is 0 Å². The fourth-order valence-corrected chi connectivity index (χ4v) is 4.18. The number of hydrogen-bond donors (Lipinski definition) is 1. The van der Waals surface area contributed by atoms with E-state index in [1.165, 1.54) is 11.3 Å². The number of rotatable bonds is 8. The van der Waals surface area contributed by atoms with Gasteiger partial charge in [-0.3, -0.25) is 20.2 Å². The Kier molecular flexibility index (Phi) is 7.35. The van der Waals surface area contributed by atoms with Crippen LogP contribution in [0.15, 0.2) is 23.1 Å². The lowest BCUT2D eigenvalue weighted by molar-refractivity contribution is -0.388. The van der Waals surface area contributed by atoms with Gasteiger partial charge in [0.05, 0.1) is 21.1 Å². The van der Waals surface area contributed by atoms with Crippen LogP contribution in [-0.4, -0.2) is 26.8 Å². The molecule has 0 saturated heterocycles. The summed E-state index contributed by atoms with van der Waals surface area (Å²) in [5.41, 5.74) is -1.81. The van der Waals surface area contributed by atoms with E-state index in [0.29, 0.717) is 11.2 Å². The third-order valence-electron chi connectivity index (χ3n) is 3.86. The standard InChI is InChI=1S/C16H17F3N4O3S2/c1-3-9(4-2)14-21-22-15(28-14)20-13(24)8-27-12-6-5-10(16(17,18)19)7-11(12)23(25)26/h5-7,9H,3-4,8H2,1-2H3,(H,20,22,24). The van der Waals surface area contributed by atoms with Gasteiger partial charge in [0, 0.05) is 12.0 Å². The van der Waals surface area contributed by atoms with Gasteiger partial charge >= 0.3 is 6.18 Å². The summed E-state index contributed by atoms with van der Waals surface area (Å²) in [5, 5.41) is 22.7. The summed E-state index contributed by atoms with van der Waals surface area (Å²) < 4.78 is 38.2. The van der Waals surface area contributed by atoms with Crippen LogP contribution in [0.2, 0.25) is 0 Å². The molecule has 0 radical (unpaired) electrons. The van der Waals surface area contributed by atoms with Gasteiger partial charge in [-0.2, -0.15) is 13.2 Å². The predicted octanol–water partition coefficient (Wildman–Crippen LogP) is 5.10. The molecule has 1 aromatic heterocycles. The Labute approximate surface area is 166 Å². The summed E-state index contributed by atoms with van der Waals surface area (Å²) >= 11 is 2.04. The van der Waals surface area contributed by atoms with Crippen LogP contribution in [-0.2, 0) is 11.0 Å². The maximum atomic E-state index is 12.7. The number of anilines is 1. The number of thioether (sulfide) groups is 1. The number of carbonyl (C=O) groups is 1. The fourth-order valence-electron chi connectivity index (χ4n) is 2.35. The highest BCUT2D eigenvalue weighted by atomic mass is 32.2. The Morgan fingerprint density at radius 3 is 2.57 bits per heavy atom. The smallest absolute Gasteiger partial charge is 0.300 e. The van der Waals surface area contributed by atoms with Crippen LogP contribution in [0.5, 0.6) is 0 Å². The first-order chi connectivity index (χ1) is 13.2. The number of hydrogen-bond acceptors (Lipinski definition) is 7. The molecule has 0 aliphatic heterocycles. The molecule has 0 atom stereocenters. The van der Waals surface area contributed by atoms with Gasteiger partial charge in [-0.05, 0) is 25.0 Å². The van der Waals surface area contributed by atoms with E-state index in [1.54, 1.807) is 0 Å². The lowest BCUT2D eigenvalue weighted by Gasteiger charge is -2.08. The Morgan fingerprint density at radius 2 is 2.00 bits per heavy atom. The summed E-state index contributed by atoms with van der Waals surface area (Å²) in [6.07, 6.45) is -2.89. The zero-order chi connectivity index (χ0) is 20.9. The van der Waals surface area contributed by atoms with Gasteiger partial charge in [0.1, 0.15) is 5.01 Å². The van der Waals surface area contributed by atoms with E-state index < -0.39 is 28.3 Å². The molecule has 0 aliphatic carbocycles. The largest absolute Gasteiger partial charge is 0.416 e. The van der Waals surface area contributed by atoms with Crippen molar-refractivity contribution in [3.05, 3.63) is 38.9 Å². The predicted molar refractivity (Wildman–Crippen MR) is 101 cm³/mol. The quantitative estimate of drug-likeness (QED) is 0.353. The molecule has 12 heteroatoms. The van der Waals surface area contributed by atoms with Crippen molar-refractivity contribution in [2.24, 2.45) is 0 Å². The molecule has 2 aromatic rings. The van der Waals surface area contributed by atoms with Crippen LogP contribution in [0.4, 0.5) is 24.0 Å². The first kappa shape index (κ1) is 22.1. The number of carbonyl (C=O) groups excluding carboxylic acids is 1.